The lowest BCUT2D eigenvalue weighted by Crippen LogP contribution is -2.11. The standard InChI is InChI=1S/C17H23N3/c18-12-10-17-19-15-8-4-5-9-16(15)20(17)13-11-14-6-2-1-3-7-14/h4-6,8-9H,1-3,7,10-13,18H2. The number of nitrogens with two attached hydrogens (primary N) is 1. The van der Waals surface area contributed by atoms with Crippen molar-refractivity contribution in [3.05, 3.63) is 41.7 Å². The molecule has 20 heavy (non-hydrogen) atoms. The smallest absolute Gasteiger partial charge is 0.111 e. The Morgan fingerprint density at radius 2 is 2.05 bits per heavy atom. The Bertz CT molecular complexity index is 610. The van der Waals surface area contributed by atoms with Gasteiger partial charge in [0.1, 0.15) is 5.82 Å². The molecule has 1 aliphatic carbocycles. The number of hydrogen-bond donors (Lipinski definition) is 1. The van der Waals surface area contributed by atoms with Crippen LogP contribution >= 0.6 is 0 Å². The molecular formula is C17H23N3. The topological polar surface area (TPSA) is 43.8 Å². The molecule has 1 aliphatic rings. The Labute approximate surface area is 120 Å². The summed E-state index contributed by atoms with van der Waals surface area (Å²) in [4.78, 5) is 4.73. The number of aromatic nitrogens is 2. The van der Waals surface area contributed by atoms with E-state index in [9.17, 15) is 0 Å². The summed E-state index contributed by atoms with van der Waals surface area (Å²) in [5.74, 6) is 1.13. The normalized spacial score (nSPS) is 15.6. The number of allylic oxidation sites excluding steroid dienone is 2. The predicted molar refractivity (Wildman–Crippen MR) is 83.7 cm³/mol. The van der Waals surface area contributed by atoms with E-state index in [4.69, 9.17) is 10.7 Å². The van der Waals surface area contributed by atoms with Gasteiger partial charge in [-0.2, -0.15) is 0 Å². The lowest BCUT2D eigenvalue weighted by atomic mass is 9.97. The molecule has 0 aliphatic heterocycles. The highest BCUT2D eigenvalue weighted by Gasteiger charge is 2.11. The molecule has 2 N–H and O–H groups in total. The molecule has 0 saturated heterocycles. The first kappa shape index (κ1) is 13.4. The number of benzene rings is 1. The Kier molecular flexibility index (Phi) is 4.16. The lowest BCUT2D eigenvalue weighted by Gasteiger charge is -2.14. The first-order valence-electron chi connectivity index (χ1n) is 7.70. The molecule has 0 radical (unpaired) electrons. The predicted octanol–water partition coefficient (Wildman–Crippen LogP) is 3.43. The third kappa shape index (κ3) is 2.78. The summed E-state index contributed by atoms with van der Waals surface area (Å²) >= 11 is 0. The second-order valence-electron chi connectivity index (χ2n) is 5.57. The van der Waals surface area contributed by atoms with Gasteiger partial charge in [0.05, 0.1) is 11.0 Å². The van der Waals surface area contributed by atoms with Gasteiger partial charge in [-0.05, 0) is 50.8 Å². The Morgan fingerprint density at radius 1 is 1.15 bits per heavy atom. The summed E-state index contributed by atoms with van der Waals surface area (Å²) < 4.78 is 2.36. The maximum absolute atomic E-state index is 5.73. The minimum Gasteiger partial charge on any atom is -0.330 e. The van der Waals surface area contributed by atoms with Crippen molar-refractivity contribution < 1.29 is 0 Å². The molecule has 2 aromatic rings. The van der Waals surface area contributed by atoms with E-state index in [-0.39, 0.29) is 0 Å². The van der Waals surface area contributed by atoms with Gasteiger partial charge in [-0.1, -0.05) is 23.8 Å². The van der Waals surface area contributed by atoms with Gasteiger partial charge in [-0.3, -0.25) is 0 Å². The largest absolute Gasteiger partial charge is 0.330 e. The summed E-state index contributed by atoms with van der Waals surface area (Å²) in [7, 11) is 0. The summed E-state index contributed by atoms with van der Waals surface area (Å²) in [6, 6.07) is 8.39. The van der Waals surface area contributed by atoms with E-state index in [1.807, 2.05) is 0 Å². The van der Waals surface area contributed by atoms with Crippen molar-refractivity contribution >= 4 is 11.0 Å². The van der Waals surface area contributed by atoms with Gasteiger partial charge in [0, 0.05) is 13.0 Å². The zero-order chi connectivity index (χ0) is 13.8. The molecule has 0 bridgehead atoms. The third-order valence-corrected chi connectivity index (χ3v) is 4.14. The van der Waals surface area contributed by atoms with Crippen LogP contribution in [-0.4, -0.2) is 16.1 Å². The van der Waals surface area contributed by atoms with Crippen LogP contribution in [0.1, 0.15) is 37.9 Å². The Morgan fingerprint density at radius 3 is 2.85 bits per heavy atom. The first-order valence-corrected chi connectivity index (χ1v) is 7.70. The van der Waals surface area contributed by atoms with Gasteiger partial charge in [0.2, 0.25) is 0 Å². The zero-order valence-corrected chi connectivity index (χ0v) is 12.0. The molecule has 3 heteroatoms. The molecule has 0 spiro atoms. The monoisotopic (exact) mass is 269 g/mol. The van der Waals surface area contributed by atoms with Crippen molar-refractivity contribution in [1.82, 2.24) is 9.55 Å². The third-order valence-electron chi connectivity index (χ3n) is 4.14. The van der Waals surface area contributed by atoms with Crippen molar-refractivity contribution in [2.45, 2.75) is 45.1 Å². The van der Waals surface area contributed by atoms with Crippen LogP contribution in [-0.2, 0) is 13.0 Å². The van der Waals surface area contributed by atoms with Gasteiger partial charge in [0.15, 0.2) is 0 Å². The summed E-state index contributed by atoms with van der Waals surface area (Å²) in [5, 5.41) is 0. The number of nitrogens with zero attached hydrogens (tertiary/aromatic N) is 2. The molecule has 0 atom stereocenters. The van der Waals surface area contributed by atoms with E-state index < -0.39 is 0 Å². The number of para-hydroxylation sites is 2. The SMILES string of the molecule is NCCc1nc2ccccc2n1CCC1=CCCCC1. The van der Waals surface area contributed by atoms with Gasteiger partial charge in [-0.25, -0.2) is 4.98 Å². The minimum atomic E-state index is 0.659. The van der Waals surface area contributed by atoms with Crippen molar-refractivity contribution in [3.8, 4) is 0 Å². The average Bonchev–Trinajstić information content (AvgIpc) is 2.84. The van der Waals surface area contributed by atoms with Crippen LogP contribution in [0.4, 0.5) is 0 Å². The number of imidazole rings is 1. The molecule has 0 fully saturated rings. The van der Waals surface area contributed by atoms with Crippen molar-refractivity contribution in [2.24, 2.45) is 5.73 Å². The van der Waals surface area contributed by atoms with E-state index in [0.29, 0.717) is 6.54 Å². The molecule has 3 rings (SSSR count). The highest BCUT2D eigenvalue weighted by molar-refractivity contribution is 5.75. The lowest BCUT2D eigenvalue weighted by molar-refractivity contribution is 0.615. The highest BCUT2D eigenvalue weighted by atomic mass is 15.1. The van der Waals surface area contributed by atoms with Crippen LogP contribution in [0.3, 0.4) is 0 Å². The fourth-order valence-corrected chi connectivity index (χ4v) is 3.08. The van der Waals surface area contributed by atoms with Crippen molar-refractivity contribution in [3.63, 3.8) is 0 Å². The van der Waals surface area contributed by atoms with Gasteiger partial charge < -0.3 is 10.3 Å². The van der Waals surface area contributed by atoms with E-state index in [1.165, 1.54) is 31.2 Å². The van der Waals surface area contributed by atoms with Crippen LogP contribution in [0.5, 0.6) is 0 Å². The molecule has 106 valence electrons. The number of aryl methyl sites for hydroxylation is 1. The first-order chi connectivity index (χ1) is 9.88. The highest BCUT2D eigenvalue weighted by Crippen LogP contribution is 2.23. The van der Waals surface area contributed by atoms with Crippen LogP contribution in [0.25, 0.3) is 11.0 Å². The van der Waals surface area contributed by atoms with Gasteiger partial charge >= 0.3 is 0 Å². The second-order valence-corrected chi connectivity index (χ2v) is 5.57. The van der Waals surface area contributed by atoms with Gasteiger partial charge in [0.25, 0.3) is 0 Å². The van der Waals surface area contributed by atoms with Crippen molar-refractivity contribution in [1.29, 1.82) is 0 Å². The number of hydrogen-bond acceptors (Lipinski definition) is 2. The molecule has 3 nitrogen and oxygen atoms in total. The molecule has 0 unspecified atom stereocenters. The van der Waals surface area contributed by atoms with Crippen LogP contribution < -0.4 is 5.73 Å². The molecule has 1 aromatic carbocycles. The van der Waals surface area contributed by atoms with E-state index in [2.05, 4.69) is 34.9 Å². The van der Waals surface area contributed by atoms with Crippen LogP contribution in [0, 0.1) is 0 Å². The molecule has 1 aromatic heterocycles. The summed E-state index contributed by atoms with van der Waals surface area (Å²) in [6.45, 7) is 1.69. The quantitative estimate of drug-likeness (QED) is 0.845. The van der Waals surface area contributed by atoms with Crippen LogP contribution in [0.2, 0.25) is 0 Å². The molecule has 0 amide bonds. The fourth-order valence-electron chi connectivity index (χ4n) is 3.08. The summed E-state index contributed by atoms with van der Waals surface area (Å²) in [6.07, 6.45) is 9.69. The Balaban J connectivity index is 1.84. The maximum Gasteiger partial charge on any atom is 0.111 e. The molecule has 0 saturated carbocycles. The Hall–Kier alpha value is -1.61. The van der Waals surface area contributed by atoms with E-state index in [1.54, 1.807) is 5.57 Å². The maximum atomic E-state index is 5.73. The second kappa shape index (κ2) is 6.23. The average molecular weight is 269 g/mol. The van der Waals surface area contributed by atoms with E-state index >= 15 is 0 Å². The van der Waals surface area contributed by atoms with Gasteiger partial charge in [-0.15, -0.1) is 0 Å². The zero-order valence-electron chi connectivity index (χ0n) is 12.0. The van der Waals surface area contributed by atoms with E-state index in [0.717, 1.165) is 30.7 Å². The van der Waals surface area contributed by atoms with Crippen LogP contribution in [0.15, 0.2) is 35.9 Å². The van der Waals surface area contributed by atoms with Crippen molar-refractivity contribution in [2.75, 3.05) is 6.54 Å². The fraction of sp³-hybridized carbons (Fsp3) is 0.471. The number of rotatable bonds is 5. The minimum absolute atomic E-state index is 0.659. The number of fused-ring (bicyclic) bond motifs is 1. The molecule has 1 heterocycles. The molecular weight excluding hydrogens is 246 g/mol. The summed E-state index contributed by atoms with van der Waals surface area (Å²) in [5.41, 5.74) is 9.68.